The van der Waals surface area contributed by atoms with Gasteiger partial charge in [-0.05, 0) is 47.9 Å². The molecule has 2 aromatic heterocycles. The molecule has 0 bridgehead atoms. The molecule has 0 saturated heterocycles. The molecular formula is C25H23N5O. The number of imidazole rings is 1. The van der Waals surface area contributed by atoms with Gasteiger partial charge in [-0.2, -0.15) is 0 Å². The zero-order valence-corrected chi connectivity index (χ0v) is 17.8. The molecular weight excluding hydrogens is 386 g/mol. The molecule has 0 unspecified atom stereocenters. The van der Waals surface area contributed by atoms with Gasteiger partial charge in [-0.25, -0.2) is 9.67 Å². The minimum atomic E-state index is 0.670. The molecule has 6 nitrogen and oxygen atoms in total. The molecule has 0 fully saturated rings. The van der Waals surface area contributed by atoms with Crippen molar-refractivity contribution in [1.82, 2.24) is 24.5 Å². The summed E-state index contributed by atoms with van der Waals surface area (Å²) in [5.74, 6) is 0.759. The third kappa shape index (κ3) is 3.57. The molecule has 154 valence electrons. The molecule has 5 rings (SSSR count). The molecule has 0 N–H and O–H groups in total. The van der Waals surface area contributed by atoms with Gasteiger partial charge in [0, 0.05) is 11.8 Å². The predicted octanol–water partition coefficient (Wildman–Crippen LogP) is 4.96. The van der Waals surface area contributed by atoms with Crippen molar-refractivity contribution >= 4 is 10.8 Å². The first-order chi connectivity index (χ1) is 15.1. The minimum absolute atomic E-state index is 0.670. The summed E-state index contributed by atoms with van der Waals surface area (Å²) in [6, 6.07) is 18.8. The lowest BCUT2D eigenvalue weighted by molar-refractivity contribution is 0.413. The van der Waals surface area contributed by atoms with Crippen LogP contribution in [0.1, 0.15) is 16.8 Å². The highest BCUT2D eigenvalue weighted by Crippen LogP contribution is 2.29. The molecule has 0 amide bonds. The fourth-order valence-corrected chi connectivity index (χ4v) is 3.93. The molecule has 0 aliphatic rings. The maximum atomic E-state index is 5.63. The van der Waals surface area contributed by atoms with Gasteiger partial charge in [-0.1, -0.05) is 47.7 Å². The van der Waals surface area contributed by atoms with Crippen LogP contribution in [0.3, 0.4) is 0 Å². The normalized spacial score (nSPS) is 11.2. The van der Waals surface area contributed by atoms with E-state index < -0.39 is 0 Å². The van der Waals surface area contributed by atoms with Gasteiger partial charge in [0.15, 0.2) is 0 Å². The topological polar surface area (TPSA) is 57.8 Å². The van der Waals surface area contributed by atoms with Crippen molar-refractivity contribution in [2.24, 2.45) is 0 Å². The molecule has 0 aliphatic heterocycles. The van der Waals surface area contributed by atoms with Crippen molar-refractivity contribution < 1.29 is 4.74 Å². The van der Waals surface area contributed by atoms with Crippen molar-refractivity contribution in [2.45, 2.75) is 20.4 Å². The van der Waals surface area contributed by atoms with Crippen LogP contribution in [0, 0.1) is 13.8 Å². The minimum Gasteiger partial charge on any atom is -0.495 e. The summed E-state index contributed by atoms with van der Waals surface area (Å²) in [5.41, 5.74) is 6.17. The van der Waals surface area contributed by atoms with Crippen molar-refractivity contribution in [3.63, 3.8) is 0 Å². The van der Waals surface area contributed by atoms with E-state index in [9.17, 15) is 0 Å². The second-order valence-electron chi connectivity index (χ2n) is 7.69. The number of aromatic nitrogens is 5. The number of methoxy groups -OCH3 is 1. The highest BCUT2D eigenvalue weighted by atomic mass is 16.5. The zero-order chi connectivity index (χ0) is 21.4. The quantitative estimate of drug-likeness (QED) is 0.412. The average molecular weight is 409 g/mol. The fourth-order valence-electron chi connectivity index (χ4n) is 3.93. The van der Waals surface area contributed by atoms with Gasteiger partial charge in [0.05, 0.1) is 37.6 Å². The second kappa shape index (κ2) is 7.72. The van der Waals surface area contributed by atoms with Gasteiger partial charge in [0.25, 0.3) is 0 Å². The molecule has 31 heavy (non-hydrogen) atoms. The summed E-state index contributed by atoms with van der Waals surface area (Å²) in [6.07, 6.45) is 5.74. The van der Waals surface area contributed by atoms with Crippen LogP contribution in [-0.2, 0) is 6.54 Å². The summed E-state index contributed by atoms with van der Waals surface area (Å²) in [5, 5.41) is 11.3. The van der Waals surface area contributed by atoms with Crippen LogP contribution in [0.25, 0.3) is 27.7 Å². The lowest BCUT2D eigenvalue weighted by Gasteiger charge is -2.10. The Balaban J connectivity index is 1.47. The number of rotatable bonds is 5. The molecule has 2 heterocycles. The molecule has 0 radical (unpaired) electrons. The first-order valence-electron chi connectivity index (χ1n) is 10.2. The molecule has 0 atom stereocenters. The number of hydrogen-bond donors (Lipinski definition) is 0. The lowest BCUT2D eigenvalue weighted by atomic mass is 10.00. The highest BCUT2D eigenvalue weighted by Gasteiger charge is 2.12. The summed E-state index contributed by atoms with van der Waals surface area (Å²) in [6.45, 7) is 4.78. The summed E-state index contributed by atoms with van der Waals surface area (Å²) in [4.78, 5) is 4.30. The van der Waals surface area contributed by atoms with Crippen molar-refractivity contribution in [3.05, 3.63) is 90.1 Å². The Kier molecular flexibility index (Phi) is 4.75. The molecule has 0 spiro atoms. The van der Waals surface area contributed by atoms with E-state index in [1.165, 1.54) is 21.9 Å². The van der Waals surface area contributed by atoms with Crippen LogP contribution in [0.15, 0.2) is 73.3 Å². The van der Waals surface area contributed by atoms with Crippen molar-refractivity contribution in [3.8, 4) is 22.7 Å². The van der Waals surface area contributed by atoms with Crippen LogP contribution in [-0.4, -0.2) is 31.7 Å². The van der Waals surface area contributed by atoms with E-state index in [0.717, 1.165) is 28.4 Å². The van der Waals surface area contributed by atoms with Crippen LogP contribution in [0.5, 0.6) is 5.75 Å². The molecule has 6 heteroatoms. The van der Waals surface area contributed by atoms with E-state index in [2.05, 4.69) is 58.6 Å². The van der Waals surface area contributed by atoms with E-state index in [4.69, 9.17) is 4.74 Å². The smallest absolute Gasteiger partial charge is 0.143 e. The maximum absolute atomic E-state index is 5.63. The highest BCUT2D eigenvalue weighted by molar-refractivity contribution is 5.86. The van der Waals surface area contributed by atoms with Crippen LogP contribution < -0.4 is 4.74 Å². The van der Waals surface area contributed by atoms with E-state index >= 15 is 0 Å². The number of fused-ring (bicyclic) bond motifs is 1. The summed E-state index contributed by atoms with van der Waals surface area (Å²) >= 11 is 0. The van der Waals surface area contributed by atoms with Crippen LogP contribution in [0.2, 0.25) is 0 Å². The third-order valence-electron chi connectivity index (χ3n) is 5.60. The third-order valence-corrected chi connectivity index (χ3v) is 5.60. The monoisotopic (exact) mass is 409 g/mol. The van der Waals surface area contributed by atoms with Crippen LogP contribution >= 0.6 is 0 Å². The zero-order valence-electron chi connectivity index (χ0n) is 17.8. The number of aryl methyl sites for hydroxylation is 2. The Bertz CT molecular complexity index is 1380. The summed E-state index contributed by atoms with van der Waals surface area (Å²) in [7, 11) is 1.67. The number of hydrogen-bond acceptors (Lipinski definition) is 4. The number of benzene rings is 3. The molecule has 0 saturated carbocycles. The summed E-state index contributed by atoms with van der Waals surface area (Å²) < 4.78 is 9.48. The SMILES string of the molecule is COc1cc(-c2cn(Cc3c(C)ccc4ccccc34)nn2)ccc1-n1cnc(C)c1. The van der Waals surface area contributed by atoms with E-state index in [1.807, 2.05) is 46.8 Å². The fraction of sp³-hybridized carbons (Fsp3) is 0.160. The van der Waals surface area contributed by atoms with Gasteiger partial charge < -0.3 is 9.30 Å². The Hall–Kier alpha value is -3.93. The van der Waals surface area contributed by atoms with Crippen LogP contribution in [0.4, 0.5) is 0 Å². The Morgan fingerprint density at radius 2 is 1.84 bits per heavy atom. The van der Waals surface area contributed by atoms with Gasteiger partial charge in [0.2, 0.25) is 0 Å². The Morgan fingerprint density at radius 3 is 2.65 bits per heavy atom. The van der Waals surface area contributed by atoms with Gasteiger partial charge in [-0.3, -0.25) is 0 Å². The Labute approximate surface area is 180 Å². The van der Waals surface area contributed by atoms with Gasteiger partial charge in [-0.15, -0.1) is 5.10 Å². The average Bonchev–Trinajstić information content (AvgIpc) is 3.44. The maximum Gasteiger partial charge on any atom is 0.143 e. The van der Waals surface area contributed by atoms with E-state index in [0.29, 0.717) is 6.54 Å². The van der Waals surface area contributed by atoms with E-state index in [-0.39, 0.29) is 0 Å². The van der Waals surface area contributed by atoms with E-state index in [1.54, 1.807) is 13.4 Å². The van der Waals surface area contributed by atoms with Gasteiger partial charge in [0.1, 0.15) is 11.4 Å². The Morgan fingerprint density at radius 1 is 0.968 bits per heavy atom. The number of ether oxygens (including phenoxy) is 1. The molecule has 3 aromatic carbocycles. The van der Waals surface area contributed by atoms with Crippen molar-refractivity contribution in [2.75, 3.05) is 7.11 Å². The predicted molar refractivity (Wildman–Crippen MR) is 122 cm³/mol. The largest absolute Gasteiger partial charge is 0.495 e. The number of nitrogens with zero attached hydrogens (tertiary/aromatic N) is 5. The lowest BCUT2D eigenvalue weighted by Crippen LogP contribution is -2.03. The first kappa shape index (κ1) is 19.1. The standard InChI is InChI=1S/C25H23N5O/c1-17-8-9-19-6-4-5-7-21(19)22(17)14-30-15-23(27-28-30)20-10-11-24(25(12-20)31-3)29-13-18(2)26-16-29/h4-13,15-16H,14H2,1-3H3. The molecule has 0 aliphatic carbocycles. The first-order valence-corrected chi connectivity index (χ1v) is 10.2. The van der Waals surface area contributed by atoms with Gasteiger partial charge >= 0.3 is 0 Å². The molecule has 5 aromatic rings. The second-order valence-corrected chi connectivity index (χ2v) is 7.69. The van der Waals surface area contributed by atoms with Crippen molar-refractivity contribution in [1.29, 1.82) is 0 Å².